The number of anilines is 1. The SMILES string of the molecule is CCOc1ccc(N2C[C@@H](C(=O)NCCN3C(=O)S/C(=C\c4ccc(OC)cc4)C3=O)CC2=O)cc1. The van der Waals surface area contributed by atoms with Crippen LogP contribution in [-0.4, -0.2) is 61.2 Å². The summed E-state index contributed by atoms with van der Waals surface area (Å²) in [6.45, 7) is 2.89. The molecule has 0 aliphatic carbocycles. The lowest BCUT2D eigenvalue weighted by molar-refractivity contribution is -0.127. The molecule has 1 N–H and O–H groups in total. The first-order chi connectivity index (χ1) is 17.4. The number of hydrogen-bond donors (Lipinski definition) is 1. The maximum Gasteiger partial charge on any atom is 0.293 e. The van der Waals surface area contributed by atoms with Crippen molar-refractivity contribution in [1.82, 2.24) is 10.2 Å². The standard InChI is InChI=1S/C26H27N3O6S/c1-3-35-21-10-6-19(7-11-21)29-16-18(15-23(29)30)24(31)27-12-13-28-25(32)22(36-26(28)33)14-17-4-8-20(34-2)9-5-17/h4-11,14,18H,3,12-13,15-16H2,1-2H3,(H,27,31)/b22-14-/t18-/m0/s1. The maximum absolute atomic E-state index is 12.7. The van der Waals surface area contributed by atoms with Gasteiger partial charge < -0.3 is 19.7 Å². The molecule has 10 heteroatoms. The predicted molar refractivity (Wildman–Crippen MR) is 137 cm³/mol. The lowest BCUT2D eigenvalue weighted by atomic mass is 10.1. The molecule has 2 aliphatic rings. The lowest BCUT2D eigenvalue weighted by Crippen LogP contribution is -2.40. The summed E-state index contributed by atoms with van der Waals surface area (Å²) in [6.07, 6.45) is 1.76. The Kier molecular flexibility index (Phi) is 7.94. The van der Waals surface area contributed by atoms with Crippen LogP contribution in [0.3, 0.4) is 0 Å². The van der Waals surface area contributed by atoms with E-state index in [1.165, 1.54) is 0 Å². The first-order valence-corrected chi connectivity index (χ1v) is 12.4. The average Bonchev–Trinajstić information content (AvgIpc) is 3.39. The van der Waals surface area contributed by atoms with Gasteiger partial charge in [0.1, 0.15) is 11.5 Å². The van der Waals surface area contributed by atoms with E-state index in [0.717, 1.165) is 22.2 Å². The molecule has 0 spiro atoms. The van der Waals surface area contributed by atoms with Gasteiger partial charge in [-0.3, -0.25) is 24.1 Å². The van der Waals surface area contributed by atoms with Crippen molar-refractivity contribution in [3.05, 3.63) is 59.0 Å². The number of rotatable bonds is 9. The van der Waals surface area contributed by atoms with Gasteiger partial charge in [0.25, 0.3) is 11.1 Å². The Morgan fingerprint density at radius 1 is 1.08 bits per heavy atom. The van der Waals surface area contributed by atoms with Gasteiger partial charge in [0, 0.05) is 31.7 Å². The van der Waals surface area contributed by atoms with E-state index in [0.29, 0.717) is 28.7 Å². The van der Waals surface area contributed by atoms with Crippen LogP contribution in [0.15, 0.2) is 53.4 Å². The summed E-state index contributed by atoms with van der Waals surface area (Å²) in [5.41, 5.74) is 1.48. The fraction of sp³-hybridized carbons (Fsp3) is 0.308. The van der Waals surface area contributed by atoms with Crippen molar-refractivity contribution < 1.29 is 28.7 Å². The summed E-state index contributed by atoms with van der Waals surface area (Å²) < 4.78 is 10.6. The second kappa shape index (κ2) is 11.3. The summed E-state index contributed by atoms with van der Waals surface area (Å²) in [4.78, 5) is 53.3. The van der Waals surface area contributed by atoms with Crippen molar-refractivity contribution in [3.8, 4) is 11.5 Å². The second-order valence-electron chi connectivity index (χ2n) is 8.23. The molecular weight excluding hydrogens is 482 g/mol. The number of ether oxygens (including phenoxy) is 2. The zero-order chi connectivity index (χ0) is 25.7. The molecule has 0 radical (unpaired) electrons. The van der Waals surface area contributed by atoms with E-state index in [2.05, 4.69) is 5.32 Å². The number of amides is 4. The Hall–Kier alpha value is -3.79. The van der Waals surface area contributed by atoms with E-state index in [-0.39, 0.29) is 43.1 Å². The highest BCUT2D eigenvalue weighted by Crippen LogP contribution is 2.32. The minimum absolute atomic E-state index is 0.0552. The molecular formula is C26H27N3O6S. The van der Waals surface area contributed by atoms with Crippen molar-refractivity contribution in [2.45, 2.75) is 13.3 Å². The molecule has 4 amide bonds. The number of nitrogens with zero attached hydrogens (tertiary/aromatic N) is 2. The number of carbonyl (C=O) groups excluding carboxylic acids is 4. The molecule has 2 saturated heterocycles. The molecule has 0 unspecified atom stereocenters. The summed E-state index contributed by atoms with van der Waals surface area (Å²) >= 11 is 0.867. The van der Waals surface area contributed by atoms with E-state index in [1.807, 2.05) is 6.92 Å². The zero-order valence-corrected chi connectivity index (χ0v) is 20.9. The minimum atomic E-state index is -0.506. The van der Waals surface area contributed by atoms with Crippen LogP contribution in [0.1, 0.15) is 18.9 Å². The van der Waals surface area contributed by atoms with Crippen LogP contribution < -0.4 is 19.7 Å². The van der Waals surface area contributed by atoms with Crippen LogP contribution in [0, 0.1) is 5.92 Å². The summed E-state index contributed by atoms with van der Waals surface area (Å²) in [6, 6.07) is 14.3. The molecule has 2 fully saturated rings. The molecule has 2 aromatic carbocycles. The summed E-state index contributed by atoms with van der Waals surface area (Å²) in [5, 5.41) is 2.38. The first-order valence-electron chi connectivity index (χ1n) is 11.6. The topological polar surface area (TPSA) is 105 Å². The molecule has 4 rings (SSSR count). The molecule has 36 heavy (non-hydrogen) atoms. The van der Waals surface area contributed by atoms with Gasteiger partial charge in [-0.2, -0.15) is 0 Å². The summed E-state index contributed by atoms with van der Waals surface area (Å²) in [7, 11) is 1.57. The number of benzene rings is 2. The fourth-order valence-electron chi connectivity index (χ4n) is 4.00. The van der Waals surface area contributed by atoms with Gasteiger partial charge in [-0.05, 0) is 66.7 Å². The highest BCUT2D eigenvalue weighted by atomic mass is 32.2. The number of imide groups is 1. The Morgan fingerprint density at radius 2 is 1.78 bits per heavy atom. The van der Waals surface area contributed by atoms with Crippen molar-refractivity contribution in [1.29, 1.82) is 0 Å². The quantitative estimate of drug-likeness (QED) is 0.517. The van der Waals surface area contributed by atoms with E-state index in [4.69, 9.17) is 9.47 Å². The van der Waals surface area contributed by atoms with Crippen molar-refractivity contribution in [2.24, 2.45) is 5.92 Å². The van der Waals surface area contributed by atoms with Gasteiger partial charge in [-0.25, -0.2) is 0 Å². The van der Waals surface area contributed by atoms with E-state index >= 15 is 0 Å². The van der Waals surface area contributed by atoms with Crippen LogP contribution in [0.5, 0.6) is 11.5 Å². The van der Waals surface area contributed by atoms with Crippen LogP contribution in [-0.2, 0) is 14.4 Å². The van der Waals surface area contributed by atoms with Crippen molar-refractivity contribution in [3.63, 3.8) is 0 Å². The Balaban J connectivity index is 1.28. The highest BCUT2D eigenvalue weighted by molar-refractivity contribution is 8.18. The van der Waals surface area contributed by atoms with Gasteiger partial charge in [0.05, 0.1) is 24.5 Å². The van der Waals surface area contributed by atoms with Gasteiger partial charge in [-0.1, -0.05) is 12.1 Å². The summed E-state index contributed by atoms with van der Waals surface area (Å²) in [5.74, 6) is 0.101. The number of methoxy groups -OCH3 is 1. The number of hydrogen-bond acceptors (Lipinski definition) is 7. The van der Waals surface area contributed by atoms with Crippen LogP contribution >= 0.6 is 11.8 Å². The third kappa shape index (κ3) is 5.71. The molecule has 2 aromatic rings. The molecule has 0 aromatic heterocycles. The van der Waals surface area contributed by atoms with Crippen molar-refractivity contribution >= 4 is 46.5 Å². The molecule has 188 valence electrons. The van der Waals surface area contributed by atoms with Gasteiger partial charge in [-0.15, -0.1) is 0 Å². The Labute approximate surface area is 213 Å². The number of nitrogens with one attached hydrogen (secondary N) is 1. The monoisotopic (exact) mass is 509 g/mol. The number of thioether (sulfide) groups is 1. The van der Waals surface area contributed by atoms with Crippen molar-refractivity contribution in [2.75, 3.05) is 38.3 Å². The molecule has 2 aliphatic heterocycles. The first kappa shape index (κ1) is 25.3. The third-order valence-electron chi connectivity index (χ3n) is 5.88. The van der Waals surface area contributed by atoms with E-state index in [1.54, 1.807) is 66.6 Å². The molecule has 1 atom stereocenters. The number of carbonyl (C=O) groups is 4. The van der Waals surface area contributed by atoms with Crippen LogP contribution in [0.2, 0.25) is 0 Å². The largest absolute Gasteiger partial charge is 0.497 e. The smallest absolute Gasteiger partial charge is 0.293 e. The zero-order valence-electron chi connectivity index (χ0n) is 20.1. The third-order valence-corrected chi connectivity index (χ3v) is 6.78. The normalized spacial score (nSPS) is 18.8. The van der Waals surface area contributed by atoms with E-state index in [9.17, 15) is 19.2 Å². The molecule has 0 bridgehead atoms. The minimum Gasteiger partial charge on any atom is -0.497 e. The maximum atomic E-state index is 12.7. The molecule has 2 heterocycles. The van der Waals surface area contributed by atoms with Gasteiger partial charge in [0.2, 0.25) is 11.8 Å². The average molecular weight is 510 g/mol. The Bertz CT molecular complexity index is 1180. The van der Waals surface area contributed by atoms with Gasteiger partial charge in [0.15, 0.2) is 0 Å². The highest BCUT2D eigenvalue weighted by Gasteiger charge is 2.37. The van der Waals surface area contributed by atoms with Crippen LogP contribution in [0.4, 0.5) is 10.5 Å². The fourth-order valence-corrected chi connectivity index (χ4v) is 4.87. The lowest BCUT2D eigenvalue weighted by Gasteiger charge is -2.18. The van der Waals surface area contributed by atoms with E-state index < -0.39 is 11.8 Å². The van der Waals surface area contributed by atoms with Crippen LogP contribution in [0.25, 0.3) is 6.08 Å². The molecule has 9 nitrogen and oxygen atoms in total. The predicted octanol–water partition coefficient (Wildman–Crippen LogP) is 3.30. The second-order valence-corrected chi connectivity index (χ2v) is 9.22. The van der Waals surface area contributed by atoms with Gasteiger partial charge >= 0.3 is 0 Å². The Morgan fingerprint density at radius 3 is 2.44 bits per heavy atom. The molecule has 0 saturated carbocycles.